The maximum absolute atomic E-state index is 10.9. The Morgan fingerprint density at radius 2 is 2.16 bits per heavy atom. The van der Waals surface area contributed by atoms with Crippen LogP contribution in [-0.2, 0) is 4.79 Å². The molecule has 0 radical (unpaired) electrons. The molecule has 104 valence electrons. The zero-order valence-corrected chi connectivity index (χ0v) is 11.7. The summed E-state index contributed by atoms with van der Waals surface area (Å²) in [5.74, 6) is 2.77. The zero-order valence-electron chi connectivity index (χ0n) is 11.7. The predicted octanol–water partition coefficient (Wildman–Crippen LogP) is 2.10. The van der Waals surface area contributed by atoms with Crippen LogP contribution in [0.3, 0.4) is 0 Å². The van der Waals surface area contributed by atoms with E-state index < -0.39 is 0 Å². The highest BCUT2D eigenvalue weighted by Gasteiger charge is 2.17. The highest BCUT2D eigenvalue weighted by molar-refractivity contribution is 5.75. The van der Waals surface area contributed by atoms with Crippen molar-refractivity contribution in [2.24, 2.45) is 5.92 Å². The number of nitrogens with one attached hydrogen (secondary N) is 1. The van der Waals surface area contributed by atoms with Crippen molar-refractivity contribution in [2.75, 3.05) is 29.9 Å². The highest BCUT2D eigenvalue weighted by atomic mass is 16.1. The average Bonchev–Trinajstić information content (AvgIpc) is 2.39. The van der Waals surface area contributed by atoms with Gasteiger partial charge in [-0.05, 0) is 25.7 Å². The fourth-order valence-electron chi connectivity index (χ4n) is 2.22. The molecule has 0 bridgehead atoms. The molecule has 2 rings (SSSR count). The summed E-state index contributed by atoms with van der Waals surface area (Å²) in [4.78, 5) is 21.7. The molecule has 1 N–H and O–H groups in total. The number of carbonyl (C=O) groups is 1. The predicted molar refractivity (Wildman–Crippen MR) is 76.4 cm³/mol. The van der Waals surface area contributed by atoms with Crippen molar-refractivity contribution in [3.05, 3.63) is 12.4 Å². The van der Waals surface area contributed by atoms with Crippen LogP contribution in [0.1, 0.15) is 33.1 Å². The molecule has 19 heavy (non-hydrogen) atoms. The summed E-state index contributed by atoms with van der Waals surface area (Å²) in [5.41, 5.74) is 0. The van der Waals surface area contributed by atoms with Gasteiger partial charge in [-0.15, -0.1) is 0 Å². The summed E-state index contributed by atoms with van der Waals surface area (Å²) in [5, 5.41) is 3.17. The van der Waals surface area contributed by atoms with Crippen LogP contribution in [0.25, 0.3) is 0 Å². The van der Waals surface area contributed by atoms with Gasteiger partial charge in [-0.1, -0.05) is 6.92 Å². The van der Waals surface area contributed by atoms with Crippen LogP contribution in [0, 0.1) is 5.92 Å². The van der Waals surface area contributed by atoms with E-state index in [0.29, 0.717) is 13.0 Å². The van der Waals surface area contributed by atoms with Crippen LogP contribution < -0.4 is 10.2 Å². The van der Waals surface area contributed by atoms with Crippen molar-refractivity contribution in [1.82, 2.24) is 9.97 Å². The van der Waals surface area contributed by atoms with E-state index >= 15 is 0 Å². The molecule has 5 heteroatoms. The van der Waals surface area contributed by atoms with Gasteiger partial charge < -0.3 is 10.2 Å². The molecule has 0 aliphatic carbocycles. The first-order chi connectivity index (χ1) is 9.15. The number of hydrogen-bond donors (Lipinski definition) is 1. The van der Waals surface area contributed by atoms with E-state index in [1.54, 1.807) is 13.3 Å². The fourth-order valence-corrected chi connectivity index (χ4v) is 2.22. The second-order valence-electron chi connectivity index (χ2n) is 5.31. The summed E-state index contributed by atoms with van der Waals surface area (Å²) in [7, 11) is 0. The molecule has 0 atom stereocenters. The molecule has 1 fully saturated rings. The Labute approximate surface area is 114 Å². The van der Waals surface area contributed by atoms with Crippen LogP contribution in [0.5, 0.6) is 0 Å². The molecule has 5 nitrogen and oxygen atoms in total. The third kappa shape index (κ3) is 4.19. The van der Waals surface area contributed by atoms with Crippen LogP contribution in [-0.4, -0.2) is 35.4 Å². The minimum Gasteiger partial charge on any atom is -0.369 e. The Balaban J connectivity index is 1.93. The van der Waals surface area contributed by atoms with E-state index in [9.17, 15) is 4.79 Å². The van der Waals surface area contributed by atoms with Gasteiger partial charge in [0.2, 0.25) is 0 Å². The van der Waals surface area contributed by atoms with Crippen molar-refractivity contribution in [1.29, 1.82) is 0 Å². The first kappa shape index (κ1) is 13.8. The van der Waals surface area contributed by atoms with Gasteiger partial charge in [-0.2, -0.15) is 0 Å². The average molecular weight is 262 g/mol. The lowest BCUT2D eigenvalue weighted by atomic mass is 9.99. The number of anilines is 2. The van der Waals surface area contributed by atoms with Crippen LogP contribution >= 0.6 is 0 Å². The molecule has 1 aromatic rings. The van der Waals surface area contributed by atoms with Gasteiger partial charge in [0.15, 0.2) is 0 Å². The first-order valence-corrected chi connectivity index (χ1v) is 6.95. The molecule has 1 saturated heterocycles. The van der Waals surface area contributed by atoms with Gasteiger partial charge in [0.25, 0.3) is 0 Å². The van der Waals surface area contributed by atoms with Crippen molar-refractivity contribution >= 4 is 17.4 Å². The number of rotatable bonds is 5. The third-order valence-electron chi connectivity index (χ3n) is 3.54. The second-order valence-corrected chi connectivity index (χ2v) is 5.31. The minimum absolute atomic E-state index is 0.187. The van der Waals surface area contributed by atoms with Crippen LogP contribution in [0.2, 0.25) is 0 Å². The van der Waals surface area contributed by atoms with E-state index in [2.05, 4.69) is 27.1 Å². The van der Waals surface area contributed by atoms with Crippen molar-refractivity contribution in [3.8, 4) is 0 Å². The van der Waals surface area contributed by atoms with Crippen LogP contribution in [0.4, 0.5) is 11.6 Å². The number of hydrogen-bond acceptors (Lipinski definition) is 5. The fraction of sp³-hybridized carbons (Fsp3) is 0.643. The lowest BCUT2D eigenvalue weighted by Crippen LogP contribution is -2.33. The third-order valence-corrected chi connectivity index (χ3v) is 3.54. The molecule has 0 saturated carbocycles. The van der Waals surface area contributed by atoms with Gasteiger partial charge in [-0.25, -0.2) is 9.97 Å². The quantitative estimate of drug-likeness (QED) is 0.880. The lowest BCUT2D eigenvalue weighted by molar-refractivity contribution is -0.116. The molecule has 2 heterocycles. The largest absolute Gasteiger partial charge is 0.369 e. The summed E-state index contributed by atoms with van der Waals surface area (Å²) in [6, 6.07) is 1.97. The Kier molecular flexibility index (Phi) is 4.71. The van der Waals surface area contributed by atoms with E-state index in [4.69, 9.17) is 0 Å². The lowest BCUT2D eigenvalue weighted by Gasteiger charge is -2.31. The van der Waals surface area contributed by atoms with Crippen molar-refractivity contribution < 1.29 is 4.79 Å². The Morgan fingerprint density at radius 3 is 2.84 bits per heavy atom. The van der Waals surface area contributed by atoms with Gasteiger partial charge in [0.1, 0.15) is 23.7 Å². The normalized spacial score (nSPS) is 16.4. The number of piperidine rings is 1. The van der Waals surface area contributed by atoms with Gasteiger partial charge >= 0.3 is 0 Å². The molecular weight excluding hydrogens is 240 g/mol. The monoisotopic (exact) mass is 262 g/mol. The van der Waals surface area contributed by atoms with Gasteiger partial charge in [0, 0.05) is 32.1 Å². The maximum atomic E-state index is 10.9. The summed E-state index contributed by atoms with van der Waals surface area (Å²) >= 11 is 0. The Hall–Kier alpha value is -1.65. The topological polar surface area (TPSA) is 58.1 Å². The molecule has 0 aromatic carbocycles. The Morgan fingerprint density at radius 1 is 1.42 bits per heavy atom. The SMILES string of the molecule is CC(=O)CCNc1cc(N2CCC(C)CC2)ncn1. The first-order valence-electron chi connectivity index (χ1n) is 6.95. The summed E-state index contributed by atoms with van der Waals surface area (Å²) < 4.78 is 0. The molecular formula is C14H22N4O. The molecule has 1 aliphatic heterocycles. The Bertz CT molecular complexity index is 427. The van der Waals surface area contributed by atoms with E-state index in [1.165, 1.54) is 12.8 Å². The van der Waals surface area contributed by atoms with Gasteiger partial charge in [-0.3, -0.25) is 4.79 Å². The number of Topliss-reactive ketones (excluding diaryl/α,β-unsaturated/α-hetero) is 1. The molecule has 1 aromatic heterocycles. The number of ketones is 1. The standard InChI is InChI=1S/C14H22N4O/c1-11-4-7-18(8-5-11)14-9-13(16-10-17-14)15-6-3-12(2)19/h9-11H,3-8H2,1-2H3,(H,15,16,17). The molecule has 0 spiro atoms. The van der Waals surface area contributed by atoms with Gasteiger partial charge in [0.05, 0.1) is 0 Å². The second kappa shape index (κ2) is 6.50. The van der Waals surface area contributed by atoms with E-state index in [-0.39, 0.29) is 5.78 Å². The molecule has 0 unspecified atom stereocenters. The summed E-state index contributed by atoms with van der Waals surface area (Å²) in [6.45, 7) is 6.65. The van der Waals surface area contributed by atoms with E-state index in [0.717, 1.165) is 30.6 Å². The smallest absolute Gasteiger partial charge is 0.134 e. The van der Waals surface area contributed by atoms with Crippen LogP contribution in [0.15, 0.2) is 12.4 Å². The van der Waals surface area contributed by atoms with Crippen molar-refractivity contribution in [2.45, 2.75) is 33.1 Å². The summed E-state index contributed by atoms with van der Waals surface area (Å²) in [6.07, 6.45) is 4.55. The van der Waals surface area contributed by atoms with Crippen molar-refractivity contribution in [3.63, 3.8) is 0 Å². The number of nitrogens with zero attached hydrogens (tertiary/aromatic N) is 3. The number of aromatic nitrogens is 2. The maximum Gasteiger partial charge on any atom is 0.134 e. The molecule has 1 aliphatic rings. The number of carbonyl (C=O) groups excluding carboxylic acids is 1. The minimum atomic E-state index is 0.187. The molecule has 0 amide bonds. The zero-order chi connectivity index (χ0) is 13.7. The highest BCUT2D eigenvalue weighted by Crippen LogP contribution is 2.22. The van der Waals surface area contributed by atoms with E-state index in [1.807, 2.05) is 6.07 Å².